The molecule has 2 saturated heterocycles. The van der Waals surface area contributed by atoms with Crippen molar-refractivity contribution >= 4 is 23.4 Å². The molecule has 0 radical (unpaired) electrons. The van der Waals surface area contributed by atoms with Gasteiger partial charge in [0.2, 0.25) is 5.91 Å². The Labute approximate surface area is 176 Å². The first-order valence-corrected chi connectivity index (χ1v) is 10.8. The van der Waals surface area contributed by atoms with Gasteiger partial charge in [0, 0.05) is 55.3 Å². The summed E-state index contributed by atoms with van der Waals surface area (Å²) < 4.78 is 13.4. The monoisotopic (exact) mass is 421 g/mol. The van der Waals surface area contributed by atoms with Gasteiger partial charge in [0.1, 0.15) is 5.82 Å². The number of nitrogens with one attached hydrogen (secondary N) is 1. The Morgan fingerprint density at radius 2 is 1.97 bits per heavy atom. The van der Waals surface area contributed by atoms with Crippen LogP contribution in [0.5, 0.6) is 0 Å². The fourth-order valence-corrected chi connectivity index (χ4v) is 5.56. The Balaban J connectivity index is 1.16. The molecule has 0 bridgehead atoms. The molecule has 1 spiro atoms. The number of hydrogen-bond donors (Lipinski definition) is 1. The fourth-order valence-electron chi connectivity index (χ4n) is 5.34. The first-order valence-electron chi connectivity index (χ1n) is 10.4. The van der Waals surface area contributed by atoms with Gasteiger partial charge >= 0.3 is 0 Å². The third-order valence-electron chi connectivity index (χ3n) is 6.86. The van der Waals surface area contributed by atoms with Crippen LogP contribution in [0.3, 0.4) is 0 Å². The van der Waals surface area contributed by atoms with Gasteiger partial charge in [-0.1, -0.05) is 11.6 Å². The summed E-state index contributed by atoms with van der Waals surface area (Å²) in [6, 6.07) is 3.88. The second-order valence-corrected chi connectivity index (χ2v) is 10.1. The molecule has 3 fully saturated rings. The van der Waals surface area contributed by atoms with Crippen LogP contribution in [-0.2, 0) is 4.79 Å². The fraction of sp³-hybridized carbons (Fsp3) is 0.636. The highest BCUT2D eigenvalue weighted by atomic mass is 35.5. The number of hydrogen-bond acceptors (Lipinski definition) is 3. The Hall–Kier alpha value is -1.66. The average Bonchev–Trinajstić information content (AvgIpc) is 2.83. The topological polar surface area (TPSA) is 52.7 Å². The highest BCUT2D eigenvalue weighted by molar-refractivity contribution is 6.31. The molecule has 29 heavy (non-hydrogen) atoms. The van der Waals surface area contributed by atoms with Crippen LogP contribution in [0.2, 0.25) is 5.02 Å². The van der Waals surface area contributed by atoms with Gasteiger partial charge in [-0.15, -0.1) is 0 Å². The lowest BCUT2D eigenvalue weighted by molar-refractivity contribution is -0.132. The summed E-state index contributed by atoms with van der Waals surface area (Å²) in [5.41, 5.74) is 0.645. The van der Waals surface area contributed by atoms with Crippen molar-refractivity contribution in [3.8, 4) is 0 Å². The Morgan fingerprint density at radius 3 is 2.59 bits per heavy atom. The summed E-state index contributed by atoms with van der Waals surface area (Å²) in [4.78, 5) is 28.7. The number of nitrogens with zero attached hydrogens (tertiary/aromatic N) is 2. The molecule has 5 nitrogen and oxygen atoms in total. The van der Waals surface area contributed by atoms with E-state index in [1.807, 2.05) is 4.90 Å². The molecule has 1 aromatic rings. The molecule has 0 unspecified atom stereocenters. The minimum atomic E-state index is -0.501. The van der Waals surface area contributed by atoms with E-state index in [4.69, 9.17) is 11.6 Å². The van der Waals surface area contributed by atoms with Gasteiger partial charge in [-0.2, -0.15) is 0 Å². The predicted octanol–water partition coefficient (Wildman–Crippen LogP) is 3.32. The maximum absolute atomic E-state index is 13.4. The van der Waals surface area contributed by atoms with Crippen molar-refractivity contribution in [2.75, 3.05) is 32.7 Å². The van der Waals surface area contributed by atoms with E-state index in [1.165, 1.54) is 18.2 Å². The van der Waals surface area contributed by atoms with E-state index >= 15 is 0 Å². The first kappa shape index (κ1) is 20.6. The molecule has 158 valence electrons. The van der Waals surface area contributed by atoms with E-state index in [0.29, 0.717) is 24.3 Å². The summed E-state index contributed by atoms with van der Waals surface area (Å²) in [6.07, 6.45) is 3.85. The highest BCUT2D eigenvalue weighted by Gasteiger charge is 2.52. The molecule has 0 aromatic heterocycles. The van der Waals surface area contributed by atoms with Gasteiger partial charge in [-0.3, -0.25) is 9.59 Å². The summed E-state index contributed by atoms with van der Waals surface area (Å²) in [5.74, 6) is -0.0206. The zero-order valence-electron chi connectivity index (χ0n) is 17.1. The summed E-state index contributed by atoms with van der Waals surface area (Å²) in [5, 5.41) is 3.13. The molecule has 0 atom stereocenters. The molecule has 7 heteroatoms. The zero-order valence-corrected chi connectivity index (χ0v) is 17.9. The van der Waals surface area contributed by atoms with Crippen molar-refractivity contribution < 1.29 is 14.0 Å². The molecular weight excluding hydrogens is 393 g/mol. The molecule has 1 N–H and O–H groups in total. The number of carbonyl (C=O) groups is 2. The van der Waals surface area contributed by atoms with Crippen molar-refractivity contribution in [2.24, 2.45) is 11.3 Å². The molecule has 1 saturated carbocycles. The van der Waals surface area contributed by atoms with E-state index in [2.05, 4.69) is 24.1 Å². The largest absolute Gasteiger partial charge is 0.352 e. The Kier molecular flexibility index (Phi) is 5.36. The second-order valence-electron chi connectivity index (χ2n) is 9.71. The van der Waals surface area contributed by atoms with Crippen LogP contribution in [0.1, 0.15) is 49.9 Å². The van der Waals surface area contributed by atoms with Crippen molar-refractivity contribution in [1.82, 2.24) is 15.1 Å². The lowest BCUT2D eigenvalue weighted by Crippen LogP contribution is -2.64. The minimum Gasteiger partial charge on any atom is -0.352 e. The van der Waals surface area contributed by atoms with Crippen LogP contribution < -0.4 is 5.32 Å². The molecule has 2 heterocycles. The van der Waals surface area contributed by atoms with E-state index < -0.39 is 5.82 Å². The molecule has 1 aliphatic carbocycles. The second kappa shape index (κ2) is 7.55. The van der Waals surface area contributed by atoms with Crippen LogP contribution in [0.4, 0.5) is 4.39 Å². The first-order chi connectivity index (χ1) is 13.7. The van der Waals surface area contributed by atoms with Crippen molar-refractivity contribution in [1.29, 1.82) is 0 Å². The van der Waals surface area contributed by atoms with Crippen LogP contribution >= 0.6 is 11.6 Å². The van der Waals surface area contributed by atoms with Gasteiger partial charge in [0.25, 0.3) is 5.91 Å². The van der Waals surface area contributed by atoms with Crippen LogP contribution in [-0.4, -0.2) is 59.9 Å². The third kappa shape index (κ3) is 4.29. The normalized spacial score (nSPS) is 23.2. The van der Waals surface area contributed by atoms with Gasteiger partial charge in [-0.05, 0) is 62.6 Å². The van der Waals surface area contributed by atoms with Gasteiger partial charge in [0.05, 0.1) is 0 Å². The van der Waals surface area contributed by atoms with Gasteiger partial charge in [-0.25, -0.2) is 4.39 Å². The van der Waals surface area contributed by atoms with Crippen LogP contribution in [0, 0.1) is 17.2 Å². The lowest BCUT2D eigenvalue weighted by atomic mass is 9.57. The number of rotatable bonds is 6. The number of halogens is 2. The van der Waals surface area contributed by atoms with E-state index in [-0.39, 0.29) is 27.9 Å². The van der Waals surface area contributed by atoms with Crippen molar-refractivity contribution in [2.45, 2.75) is 45.1 Å². The van der Waals surface area contributed by atoms with E-state index in [9.17, 15) is 14.0 Å². The molecule has 1 aromatic carbocycles. The maximum atomic E-state index is 13.4. The van der Waals surface area contributed by atoms with Crippen LogP contribution in [0.15, 0.2) is 18.2 Å². The van der Waals surface area contributed by atoms with Gasteiger partial charge < -0.3 is 15.1 Å². The lowest BCUT2D eigenvalue weighted by Gasteiger charge is -2.59. The Bertz CT molecular complexity index is 794. The van der Waals surface area contributed by atoms with Crippen molar-refractivity contribution in [3.63, 3.8) is 0 Å². The Morgan fingerprint density at radius 1 is 1.24 bits per heavy atom. The van der Waals surface area contributed by atoms with Crippen molar-refractivity contribution in [3.05, 3.63) is 34.6 Å². The standard InChI is InChI=1S/C22H29ClFN3O2/c1-21(2)4-3-19(28)27(21)6-5-26-13-22(14-26)10-15(11-22)12-25-20(29)16-7-17(23)9-18(24)8-16/h7-9,15H,3-6,10-14H2,1-2H3,(H,25,29). The highest BCUT2D eigenvalue weighted by Crippen LogP contribution is 2.51. The average molecular weight is 422 g/mol. The summed E-state index contributed by atoms with van der Waals surface area (Å²) in [7, 11) is 0. The SMILES string of the molecule is CC1(C)CCC(=O)N1CCN1CC2(CC(CNC(=O)c3cc(F)cc(Cl)c3)C2)C1. The number of benzene rings is 1. The number of carbonyl (C=O) groups excluding carboxylic acids is 2. The summed E-state index contributed by atoms with van der Waals surface area (Å²) >= 11 is 5.82. The third-order valence-corrected chi connectivity index (χ3v) is 7.08. The predicted molar refractivity (Wildman–Crippen MR) is 110 cm³/mol. The van der Waals surface area contributed by atoms with Crippen LogP contribution in [0.25, 0.3) is 0 Å². The van der Waals surface area contributed by atoms with E-state index in [0.717, 1.165) is 45.4 Å². The van der Waals surface area contributed by atoms with Gasteiger partial charge in [0.15, 0.2) is 0 Å². The molecule has 4 rings (SSSR count). The quantitative estimate of drug-likeness (QED) is 0.766. The zero-order chi connectivity index (χ0) is 20.8. The van der Waals surface area contributed by atoms with E-state index in [1.54, 1.807) is 0 Å². The summed E-state index contributed by atoms with van der Waals surface area (Å²) in [6.45, 7) is 8.84. The number of amides is 2. The minimum absolute atomic E-state index is 0.00863. The molecule has 2 aliphatic heterocycles. The smallest absolute Gasteiger partial charge is 0.251 e. The molecular formula is C22H29ClFN3O2. The molecule has 2 amide bonds. The maximum Gasteiger partial charge on any atom is 0.251 e. The number of likely N-dealkylation sites (tertiary alicyclic amines) is 2. The molecule has 3 aliphatic rings.